The van der Waals surface area contributed by atoms with Crippen LogP contribution in [-0.2, 0) is 9.53 Å². The highest BCUT2D eigenvalue weighted by Gasteiger charge is 2.11. The first kappa shape index (κ1) is 18.5. The molecular weight excluding hydrogens is 236 g/mol. The molecule has 1 atom stereocenters. The van der Waals surface area contributed by atoms with Crippen LogP contribution in [0.5, 0.6) is 0 Å². The predicted octanol–water partition coefficient (Wildman–Crippen LogP) is 5.50. The van der Waals surface area contributed by atoms with Gasteiger partial charge in [0.15, 0.2) is 0 Å². The van der Waals surface area contributed by atoms with Gasteiger partial charge in [-0.15, -0.1) is 0 Å². The van der Waals surface area contributed by atoms with E-state index in [1.807, 2.05) is 6.92 Å². The Kier molecular flexibility index (Phi) is 13.5. The Morgan fingerprint density at radius 1 is 0.842 bits per heavy atom. The first-order valence-electron chi connectivity index (χ1n) is 8.40. The van der Waals surface area contributed by atoms with Gasteiger partial charge in [0.05, 0.1) is 6.61 Å². The van der Waals surface area contributed by atoms with Gasteiger partial charge in [0, 0.05) is 6.42 Å². The molecule has 114 valence electrons. The summed E-state index contributed by atoms with van der Waals surface area (Å²) in [5.74, 6) is 0.537. The largest absolute Gasteiger partial charge is 0.465 e. The minimum Gasteiger partial charge on any atom is -0.465 e. The maximum absolute atomic E-state index is 11.2. The minimum atomic E-state index is -0.0496. The number of rotatable bonds is 13. The Morgan fingerprint density at radius 3 is 1.95 bits per heavy atom. The second-order valence-corrected chi connectivity index (χ2v) is 5.60. The third kappa shape index (κ3) is 12.3. The fourth-order valence-corrected chi connectivity index (χ4v) is 2.34. The van der Waals surface area contributed by atoms with Gasteiger partial charge in [-0.1, -0.05) is 72.1 Å². The van der Waals surface area contributed by atoms with E-state index >= 15 is 0 Å². The van der Waals surface area contributed by atoms with Gasteiger partial charge in [-0.2, -0.15) is 0 Å². The summed E-state index contributed by atoms with van der Waals surface area (Å²) in [6.45, 7) is 6.98. The number of hydrogen-bond acceptors (Lipinski definition) is 2. The lowest BCUT2D eigenvalue weighted by Crippen LogP contribution is -2.14. The van der Waals surface area contributed by atoms with Gasteiger partial charge < -0.3 is 4.74 Å². The summed E-state index contributed by atoms with van der Waals surface area (Å²) in [7, 11) is 0. The molecule has 0 bridgehead atoms. The molecule has 0 fully saturated rings. The average Bonchev–Trinajstić information content (AvgIpc) is 2.43. The Morgan fingerprint density at radius 2 is 1.37 bits per heavy atom. The minimum absolute atomic E-state index is 0.0496. The van der Waals surface area contributed by atoms with Crippen molar-refractivity contribution >= 4 is 5.97 Å². The van der Waals surface area contributed by atoms with Crippen molar-refractivity contribution < 1.29 is 9.53 Å². The second-order valence-electron chi connectivity index (χ2n) is 5.60. The monoisotopic (exact) mass is 270 g/mol. The van der Waals surface area contributed by atoms with Crippen molar-refractivity contribution in [3.8, 4) is 0 Å². The molecule has 0 spiro atoms. The number of hydrogen-bond donors (Lipinski definition) is 0. The number of ether oxygens (including phenoxy) is 1. The highest BCUT2D eigenvalue weighted by Crippen LogP contribution is 2.19. The third-order valence-electron chi connectivity index (χ3n) is 3.70. The molecule has 0 rings (SSSR count). The zero-order chi connectivity index (χ0) is 14.3. The van der Waals surface area contributed by atoms with Gasteiger partial charge >= 0.3 is 5.97 Å². The van der Waals surface area contributed by atoms with E-state index in [0.717, 1.165) is 0 Å². The van der Waals surface area contributed by atoms with E-state index in [2.05, 4.69) is 13.8 Å². The molecule has 1 unspecified atom stereocenters. The Hall–Kier alpha value is -0.530. The number of carbonyl (C=O) groups excluding carboxylic acids is 1. The first-order chi connectivity index (χ1) is 9.24. The molecular formula is C17H34O2. The molecule has 2 heteroatoms. The van der Waals surface area contributed by atoms with Crippen LogP contribution in [0.3, 0.4) is 0 Å². The average molecular weight is 270 g/mol. The van der Waals surface area contributed by atoms with Crippen LogP contribution in [0.2, 0.25) is 0 Å². The van der Waals surface area contributed by atoms with Crippen molar-refractivity contribution in [2.45, 2.75) is 91.4 Å². The van der Waals surface area contributed by atoms with Crippen molar-refractivity contribution in [1.29, 1.82) is 0 Å². The van der Waals surface area contributed by atoms with Crippen LogP contribution >= 0.6 is 0 Å². The van der Waals surface area contributed by atoms with Gasteiger partial charge in [0.25, 0.3) is 0 Å². The Labute approximate surface area is 120 Å². The van der Waals surface area contributed by atoms with Crippen molar-refractivity contribution in [2.24, 2.45) is 5.92 Å². The molecule has 2 nitrogen and oxygen atoms in total. The molecule has 0 saturated heterocycles. The molecule has 0 amide bonds. The quantitative estimate of drug-likeness (QED) is 0.326. The Balaban J connectivity index is 3.78. The topological polar surface area (TPSA) is 26.3 Å². The summed E-state index contributed by atoms with van der Waals surface area (Å²) in [6.07, 6.45) is 13.4. The summed E-state index contributed by atoms with van der Waals surface area (Å²) in [4.78, 5) is 11.2. The molecule has 0 heterocycles. The molecule has 0 aliphatic carbocycles. The van der Waals surface area contributed by atoms with E-state index in [-0.39, 0.29) is 5.97 Å². The highest BCUT2D eigenvalue weighted by atomic mass is 16.5. The van der Waals surface area contributed by atoms with Crippen molar-refractivity contribution in [1.82, 2.24) is 0 Å². The van der Waals surface area contributed by atoms with Gasteiger partial charge in [-0.3, -0.25) is 4.79 Å². The number of carbonyl (C=O) groups is 1. The van der Waals surface area contributed by atoms with Crippen LogP contribution in [0, 0.1) is 5.92 Å². The van der Waals surface area contributed by atoms with Gasteiger partial charge in [-0.25, -0.2) is 0 Å². The molecule has 19 heavy (non-hydrogen) atoms. The summed E-state index contributed by atoms with van der Waals surface area (Å²) in [5.41, 5.74) is 0. The summed E-state index contributed by atoms with van der Waals surface area (Å²) in [6, 6.07) is 0. The zero-order valence-electron chi connectivity index (χ0n) is 13.4. The lowest BCUT2D eigenvalue weighted by molar-refractivity contribution is -0.144. The SMILES string of the molecule is CCCCCCCC(CCCCC)COC(=O)CC. The van der Waals surface area contributed by atoms with Crippen LogP contribution < -0.4 is 0 Å². The van der Waals surface area contributed by atoms with Gasteiger partial charge in [0.1, 0.15) is 0 Å². The van der Waals surface area contributed by atoms with Crippen molar-refractivity contribution in [3.63, 3.8) is 0 Å². The fraction of sp³-hybridized carbons (Fsp3) is 0.941. The van der Waals surface area contributed by atoms with Crippen LogP contribution in [0.1, 0.15) is 91.4 Å². The predicted molar refractivity (Wildman–Crippen MR) is 82.3 cm³/mol. The van der Waals surface area contributed by atoms with E-state index in [1.54, 1.807) is 0 Å². The van der Waals surface area contributed by atoms with E-state index in [4.69, 9.17) is 4.74 Å². The zero-order valence-corrected chi connectivity index (χ0v) is 13.4. The summed E-state index contributed by atoms with van der Waals surface area (Å²) >= 11 is 0. The maximum Gasteiger partial charge on any atom is 0.305 e. The van der Waals surface area contributed by atoms with Crippen LogP contribution in [0.4, 0.5) is 0 Å². The van der Waals surface area contributed by atoms with E-state index in [1.165, 1.54) is 64.2 Å². The normalized spacial score (nSPS) is 12.4. The second kappa shape index (κ2) is 13.9. The van der Waals surface area contributed by atoms with Crippen LogP contribution in [0.15, 0.2) is 0 Å². The molecule has 0 aliphatic heterocycles. The number of esters is 1. The maximum atomic E-state index is 11.2. The first-order valence-corrected chi connectivity index (χ1v) is 8.40. The molecule has 0 aromatic rings. The lowest BCUT2D eigenvalue weighted by atomic mass is 9.95. The fourth-order valence-electron chi connectivity index (χ4n) is 2.34. The molecule has 0 aromatic carbocycles. The van der Waals surface area contributed by atoms with Crippen LogP contribution in [-0.4, -0.2) is 12.6 Å². The molecule has 0 aliphatic rings. The molecule has 0 radical (unpaired) electrons. The lowest BCUT2D eigenvalue weighted by Gasteiger charge is -2.16. The molecule has 0 saturated carbocycles. The summed E-state index contributed by atoms with van der Waals surface area (Å²) in [5, 5.41) is 0. The van der Waals surface area contributed by atoms with E-state index < -0.39 is 0 Å². The number of unbranched alkanes of at least 4 members (excludes halogenated alkanes) is 6. The van der Waals surface area contributed by atoms with E-state index in [0.29, 0.717) is 18.9 Å². The smallest absolute Gasteiger partial charge is 0.305 e. The van der Waals surface area contributed by atoms with Crippen LogP contribution in [0.25, 0.3) is 0 Å². The standard InChI is InChI=1S/C17H34O2/c1-4-7-9-10-12-14-16(13-11-8-5-2)15-19-17(18)6-3/h16H,4-15H2,1-3H3. The van der Waals surface area contributed by atoms with E-state index in [9.17, 15) is 4.79 Å². The van der Waals surface area contributed by atoms with Crippen molar-refractivity contribution in [2.75, 3.05) is 6.61 Å². The summed E-state index contributed by atoms with van der Waals surface area (Å²) < 4.78 is 5.32. The van der Waals surface area contributed by atoms with Crippen molar-refractivity contribution in [3.05, 3.63) is 0 Å². The molecule has 0 N–H and O–H groups in total. The third-order valence-corrected chi connectivity index (χ3v) is 3.70. The molecule has 0 aromatic heterocycles. The van der Waals surface area contributed by atoms with Gasteiger partial charge in [0.2, 0.25) is 0 Å². The Bertz CT molecular complexity index is 201. The van der Waals surface area contributed by atoms with Gasteiger partial charge in [-0.05, 0) is 18.8 Å². The highest BCUT2D eigenvalue weighted by molar-refractivity contribution is 5.68.